The van der Waals surface area contributed by atoms with E-state index >= 15 is 0 Å². The first kappa shape index (κ1) is 23.0. The summed E-state index contributed by atoms with van der Waals surface area (Å²) in [7, 11) is 0.0305. The van der Waals surface area contributed by atoms with E-state index in [1.807, 2.05) is 12.1 Å². The topological polar surface area (TPSA) is 38.5 Å². The van der Waals surface area contributed by atoms with Crippen molar-refractivity contribution in [2.45, 2.75) is 77.2 Å². The summed E-state index contributed by atoms with van der Waals surface area (Å²) in [5.41, 5.74) is 13.7. The summed E-state index contributed by atoms with van der Waals surface area (Å²) in [4.78, 5) is 2.47. The molecule has 0 amide bonds. The summed E-state index contributed by atoms with van der Waals surface area (Å²) in [6.07, 6.45) is 1.02. The lowest BCUT2D eigenvalue weighted by Crippen LogP contribution is -2.47. The molecule has 0 bridgehead atoms. The zero-order valence-electron chi connectivity index (χ0n) is 19.0. The summed E-state index contributed by atoms with van der Waals surface area (Å²) in [6.45, 7) is 17.2. The van der Waals surface area contributed by atoms with Crippen molar-refractivity contribution in [3.63, 3.8) is 0 Å². The van der Waals surface area contributed by atoms with E-state index in [-0.39, 0.29) is 6.04 Å². The fraction of sp³-hybridized carbons (Fsp3) is 0.667. The molecule has 1 fully saturated rings. The van der Waals surface area contributed by atoms with E-state index in [4.69, 9.17) is 10.5 Å². The molecule has 0 saturated carbocycles. The van der Waals surface area contributed by atoms with Crippen molar-refractivity contribution in [3.8, 4) is 17.2 Å². The molecule has 2 rings (SSSR count). The minimum atomic E-state index is -1.67. The Morgan fingerprint density at radius 1 is 1.04 bits per heavy atom. The monoisotopic (exact) mass is 400 g/mol. The van der Waals surface area contributed by atoms with Gasteiger partial charge in [0.25, 0.3) is 0 Å². The zero-order chi connectivity index (χ0) is 20.9. The number of likely N-dealkylation sites (tertiary alicyclic amines) is 1. The van der Waals surface area contributed by atoms with Crippen LogP contribution in [0.2, 0.25) is 16.6 Å². The highest BCUT2D eigenvalue weighted by Crippen LogP contribution is 2.40. The normalized spacial score (nSPS) is 21.1. The molecular formula is C24H40N2OSi. The molecule has 28 heavy (non-hydrogen) atoms. The van der Waals surface area contributed by atoms with Gasteiger partial charge in [0.05, 0.1) is 7.11 Å². The standard InChI is InChI=1S/C24H40N2OSi/c1-18(2)28(19(3)4,20(5)6)13-12-22-14-23(25)17-26(16-22)15-21-8-10-24(27-7)11-9-21/h8-11,18-20,22-23H,14-17,25H2,1-7H3/t22-,23+/m1/s1. The number of methoxy groups -OCH3 is 1. The maximum absolute atomic E-state index is 6.42. The Morgan fingerprint density at radius 2 is 1.61 bits per heavy atom. The predicted octanol–water partition coefficient (Wildman–Crippen LogP) is 5.07. The van der Waals surface area contributed by atoms with Crippen LogP contribution < -0.4 is 10.5 Å². The van der Waals surface area contributed by atoms with Crippen LogP contribution >= 0.6 is 0 Å². The van der Waals surface area contributed by atoms with Crippen LogP contribution in [0.25, 0.3) is 0 Å². The molecule has 0 aliphatic carbocycles. The quantitative estimate of drug-likeness (QED) is 0.535. The smallest absolute Gasteiger partial charge is 0.145 e. The lowest BCUT2D eigenvalue weighted by molar-refractivity contribution is 0.174. The number of piperidine rings is 1. The van der Waals surface area contributed by atoms with Crippen LogP contribution in [0.4, 0.5) is 0 Å². The van der Waals surface area contributed by atoms with Gasteiger partial charge in [-0.3, -0.25) is 4.90 Å². The molecular weight excluding hydrogens is 360 g/mol. The zero-order valence-corrected chi connectivity index (χ0v) is 20.0. The first-order chi connectivity index (χ1) is 13.2. The van der Waals surface area contributed by atoms with Crippen molar-refractivity contribution in [3.05, 3.63) is 29.8 Å². The van der Waals surface area contributed by atoms with Crippen LogP contribution in [0.15, 0.2) is 24.3 Å². The van der Waals surface area contributed by atoms with Gasteiger partial charge >= 0.3 is 0 Å². The summed E-state index contributed by atoms with van der Waals surface area (Å²) in [5, 5.41) is 0. The third-order valence-electron chi connectivity index (χ3n) is 6.48. The van der Waals surface area contributed by atoms with Crippen molar-refractivity contribution in [2.24, 2.45) is 11.7 Å². The van der Waals surface area contributed by atoms with Crippen LogP contribution in [0.5, 0.6) is 5.75 Å². The van der Waals surface area contributed by atoms with Crippen molar-refractivity contribution in [1.82, 2.24) is 4.90 Å². The van der Waals surface area contributed by atoms with Gasteiger partial charge in [0, 0.05) is 31.6 Å². The maximum atomic E-state index is 6.42. The third kappa shape index (κ3) is 5.41. The van der Waals surface area contributed by atoms with Gasteiger partial charge in [-0.2, -0.15) is 0 Å². The SMILES string of the molecule is COc1ccc(CN2C[C@@H](N)C[C@@H](C#C[Si](C(C)C)(C(C)C)C(C)C)C2)cc1. The number of hydrogen-bond acceptors (Lipinski definition) is 3. The minimum Gasteiger partial charge on any atom is -0.497 e. The highest BCUT2D eigenvalue weighted by Gasteiger charge is 2.41. The van der Waals surface area contributed by atoms with E-state index in [0.717, 1.165) is 31.8 Å². The number of nitrogens with two attached hydrogens (primary N) is 1. The highest BCUT2D eigenvalue weighted by molar-refractivity contribution is 6.90. The Hall–Kier alpha value is -1.28. The molecule has 0 aromatic heterocycles. The molecule has 0 spiro atoms. The second kappa shape index (κ2) is 9.96. The molecule has 0 unspecified atom stereocenters. The molecule has 3 nitrogen and oxygen atoms in total. The van der Waals surface area contributed by atoms with E-state index in [0.29, 0.717) is 22.5 Å². The first-order valence-electron chi connectivity index (χ1n) is 10.8. The van der Waals surface area contributed by atoms with Gasteiger partial charge in [0.1, 0.15) is 13.8 Å². The Labute approximate surface area is 174 Å². The van der Waals surface area contributed by atoms with Gasteiger partial charge in [0.2, 0.25) is 0 Å². The van der Waals surface area contributed by atoms with Gasteiger partial charge in [0.15, 0.2) is 0 Å². The number of benzene rings is 1. The fourth-order valence-electron chi connectivity index (χ4n) is 5.12. The first-order valence-corrected chi connectivity index (χ1v) is 13.1. The van der Waals surface area contributed by atoms with E-state index in [1.165, 1.54) is 5.56 Å². The Bertz CT molecular complexity index is 650. The largest absolute Gasteiger partial charge is 0.497 e. The van der Waals surface area contributed by atoms with Crippen molar-refractivity contribution >= 4 is 8.07 Å². The van der Waals surface area contributed by atoms with Gasteiger partial charge in [-0.15, -0.1) is 11.5 Å². The van der Waals surface area contributed by atoms with E-state index < -0.39 is 8.07 Å². The highest BCUT2D eigenvalue weighted by atomic mass is 28.3. The van der Waals surface area contributed by atoms with Gasteiger partial charge < -0.3 is 10.5 Å². The molecule has 2 atom stereocenters. The number of hydrogen-bond donors (Lipinski definition) is 1. The van der Waals surface area contributed by atoms with Crippen molar-refractivity contribution in [1.29, 1.82) is 0 Å². The van der Waals surface area contributed by atoms with Gasteiger partial charge in [-0.25, -0.2) is 0 Å². The molecule has 2 N–H and O–H groups in total. The van der Waals surface area contributed by atoms with Crippen LogP contribution in [0.1, 0.15) is 53.5 Å². The third-order valence-corrected chi connectivity index (χ3v) is 12.8. The molecule has 1 aliphatic rings. The second-order valence-electron chi connectivity index (χ2n) is 9.40. The molecule has 4 heteroatoms. The Morgan fingerprint density at radius 3 is 2.11 bits per heavy atom. The van der Waals surface area contributed by atoms with Crippen molar-refractivity contribution < 1.29 is 4.74 Å². The molecule has 1 heterocycles. The summed E-state index contributed by atoms with van der Waals surface area (Å²) < 4.78 is 5.27. The summed E-state index contributed by atoms with van der Waals surface area (Å²) in [5.74, 6) is 5.02. The number of nitrogens with zero attached hydrogens (tertiary/aromatic N) is 1. The summed E-state index contributed by atoms with van der Waals surface area (Å²) in [6, 6.07) is 8.57. The van der Waals surface area contributed by atoms with Crippen LogP contribution in [0, 0.1) is 17.4 Å². The molecule has 1 saturated heterocycles. The average Bonchev–Trinajstić information content (AvgIpc) is 2.61. The molecule has 1 aromatic rings. The van der Waals surface area contributed by atoms with E-state index in [9.17, 15) is 0 Å². The van der Waals surface area contributed by atoms with Crippen molar-refractivity contribution in [2.75, 3.05) is 20.2 Å². The molecule has 0 radical (unpaired) electrons. The Balaban J connectivity index is 2.14. The lowest BCUT2D eigenvalue weighted by atomic mass is 9.95. The van der Waals surface area contributed by atoms with E-state index in [2.05, 4.69) is 70.0 Å². The maximum Gasteiger partial charge on any atom is 0.145 e. The number of rotatable bonds is 6. The minimum absolute atomic E-state index is 0.208. The lowest BCUT2D eigenvalue weighted by Gasteiger charge is -2.39. The average molecular weight is 401 g/mol. The van der Waals surface area contributed by atoms with Gasteiger partial charge in [-0.1, -0.05) is 53.7 Å². The van der Waals surface area contributed by atoms with Crippen LogP contribution in [-0.2, 0) is 6.54 Å². The van der Waals surface area contributed by atoms with Crippen LogP contribution in [-0.4, -0.2) is 39.2 Å². The summed E-state index contributed by atoms with van der Waals surface area (Å²) >= 11 is 0. The van der Waals surface area contributed by atoms with E-state index in [1.54, 1.807) is 7.11 Å². The molecule has 156 valence electrons. The fourth-order valence-corrected chi connectivity index (χ4v) is 10.4. The molecule has 1 aromatic carbocycles. The number of ether oxygens (including phenoxy) is 1. The Kier molecular flexibility index (Phi) is 8.18. The predicted molar refractivity (Wildman–Crippen MR) is 123 cm³/mol. The van der Waals surface area contributed by atoms with Crippen LogP contribution in [0.3, 0.4) is 0 Å². The van der Waals surface area contributed by atoms with Gasteiger partial charge in [-0.05, 0) is 40.7 Å². The molecule has 1 aliphatic heterocycles. The second-order valence-corrected chi connectivity index (χ2v) is 15.0.